The zero-order chi connectivity index (χ0) is 18.8. The average Bonchev–Trinajstić information content (AvgIpc) is 3.12. The van der Waals surface area contributed by atoms with Gasteiger partial charge in [-0.3, -0.25) is 9.89 Å². The van der Waals surface area contributed by atoms with Crippen LogP contribution in [0.1, 0.15) is 11.3 Å². The van der Waals surface area contributed by atoms with Crippen LogP contribution < -0.4 is 15.0 Å². The van der Waals surface area contributed by atoms with E-state index in [0.29, 0.717) is 23.6 Å². The molecule has 2 aromatic carbocycles. The molecule has 0 atom stereocenters. The van der Waals surface area contributed by atoms with E-state index in [0.717, 1.165) is 22.4 Å². The highest BCUT2D eigenvalue weighted by atomic mass is 16.5. The van der Waals surface area contributed by atoms with Gasteiger partial charge >= 0.3 is 0 Å². The van der Waals surface area contributed by atoms with E-state index < -0.39 is 0 Å². The number of fused-ring (bicyclic) bond motifs is 1. The van der Waals surface area contributed by atoms with Gasteiger partial charge in [-0.05, 0) is 23.3 Å². The molecule has 0 aliphatic heterocycles. The van der Waals surface area contributed by atoms with Gasteiger partial charge in [0.05, 0.1) is 19.9 Å². The fourth-order valence-corrected chi connectivity index (χ4v) is 3.14. The Hall–Kier alpha value is -3.54. The topological polar surface area (TPSA) is 68.6 Å². The molecule has 4 aromatic rings. The quantitative estimate of drug-likeness (QED) is 0.592. The fraction of sp³-hybridized carbons (Fsp3) is 0.143. The van der Waals surface area contributed by atoms with Crippen molar-refractivity contribution in [1.29, 1.82) is 0 Å². The highest BCUT2D eigenvalue weighted by molar-refractivity contribution is 5.78. The molecule has 136 valence electrons. The molecule has 0 radical (unpaired) electrons. The maximum Gasteiger partial charge on any atom is 0.272 e. The molecule has 27 heavy (non-hydrogen) atoms. The van der Waals surface area contributed by atoms with Gasteiger partial charge in [-0.25, -0.2) is 9.50 Å². The van der Waals surface area contributed by atoms with Crippen molar-refractivity contribution in [2.45, 2.75) is 6.42 Å². The number of ether oxygens (including phenoxy) is 2. The minimum Gasteiger partial charge on any atom is -0.493 e. The van der Waals surface area contributed by atoms with E-state index in [1.807, 2.05) is 48.5 Å². The third-order valence-corrected chi connectivity index (χ3v) is 4.47. The smallest absolute Gasteiger partial charge is 0.272 e. The second-order valence-electron chi connectivity index (χ2n) is 6.16. The van der Waals surface area contributed by atoms with Gasteiger partial charge in [-0.15, -0.1) is 0 Å². The number of nitrogens with one attached hydrogen (secondary N) is 1. The van der Waals surface area contributed by atoms with Crippen LogP contribution in [0.2, 0.25) is 0 Å². The van der Waals surface area contributed by atoms with E-state index >= 15 is 0 Å². The van der Waals surface area contributed by atoms with Crippen molar-refractivity contribution in [1.82, 2.24) is 14.6 Å². The largest absolute Gasteiger partial charge is 0.493 e. The van der Waals surface area contributed by atoms with Crippen LogP contribution in [-0.2, 0) is 6.42 Å². The van der Waals surface area contributed by atoms with Gasteiger partial charge < -0.3 is 9.47 Å². The van der Waals surface area contributed by atoms with Crippen molar-refractivity contribution in [3.05, 3.63) is 82.4 Å². The Labute approximate surface area is 156 Å². The molecule has 2 heterocycles. The van der Waals surface area contributed by atoms with Crippen LogP contribution in [0, 0.1) is 0 Å². The molecule has 0 bridgehead atoms. The van der Waals surface area contributed by atoms with Crippen molar-refractivity contribution in [3.63, 3.8) is 0 Å². The predicted octanol–water partition coefficient (Wildman–Crippen LogP) is 3.30. The van der Waals surface area contributed by atoms with Gasteiger partial charge in [-0.1, -0.05) is 36.4 Å². The van der Waals surface area contributed by atoms with Gasteiger partial charge in [-0.2, -0.15) is 0 Å². The van der Waals surface area contributed by atoms with E-state index in [-0.39, 0.29) is 5.56 Å². The van der Waals surface area contributed by atoms with Gasteiger partial charge in [0, 0.05) is 24.2 Å². The van der Waals surface area contributed by atoms with Gasteiger partial charge in [0.15, 0.2) is 17.1 Å². The first-order chi connectivity index (χ1) is 13.2. The third kappa shape index (κ3) is 3.17. The number of rotatable bonds is 5. The first kappa shape index (κ1) is 16.9. The Morgan fingerprint density at radius 2 is 1.78 bits per heavy atom. The van der Waals surface area contributed by atoms with Crippen LogP contribution >= 0.6 is 0 Å². The van der Waals surface area contributed by atoms with Crippen LogP contribution in [0.3, 0.4) is 0 Å². The molecular formula is C21H19N3O3. The van der Waals surface area contributed by atoms with Crippen molar-refractivity contribution in [2.75, 3.05) is 14.2 Å². The highest BCUT2D eigenvalue weighted by Gasteiger charge is 2.13. The molecule has 0 fully saturated rings. The summed E-state index contributed by atoms with van der Waals surface area (Å²) in [5.74, 6) is 1.27. The molecular weight excluding hydrogens is 342 g/mol. The molecule has 0 spiro atoms. The first-order valence-electron chi connectivity index (χ1n) is 8.56. The SMILES string of the molecule is COc1ccc(-c2c[nH]n3c(=O)cc(Cc4ccccc4)nc23)cc1OC. The molecule has 2 aromatic heterocycles. The van der Waals surface area contributed by atoms with Crippen molar-refractivity contribution in [3.8, 4) is 22.6 Å². The molecule has 0 saturated heterocycles. The van der Waals surface area contributed by atoms with E-state index in [1.54, 1.807) is 26.5 Å². The summed E-state index contributed by atoms with van der Waals surface area (Å²) in [5, 5.41) is 2.98. The highest BCUT2D eigenvalue weighted by Crippen LogP contribution is 2.33. The fourth-order valence-electron chi connectivity index (χ4n) is 3.14. The predicted molar refractivity (Wildman–Crippen MR) is 104 cm³/mol. The summed E-state index contributed by atoms with van der Waals surface area (Å²) in [6, 6.07) is 17.2. The Morgan fingerprint density at radius 1 is 1.00 bits per heavy atom. The monoisotopic (exact) mass is 361 g/mol. The summed E-state index contributed by atoms with van der Waals surface area (Å²) in [6.45, 7) is 0. The minimum absolute atomic E-state index is 0.141. The van der Waals surface area contributed by atoms with Crippen LogP contribution in [0.4, 0.5) is 0 Å². The van der Waals surface area contributed by atoms with Crippen molar-refractivity contribution < 1.29 is 9.47 Å². The number of nitrogens with zero attached hydrogens (tertiary/aromatic N) is 2. The van der Waals surface area contributed by atoms with Gasteiger partial charge in [0.1, 0.15) is 0 Å². The molecule has 0 amide bonds. The number of hydrogen-bond acceptors (Lipinski definition) is 4. The molecule has 0 saturated carbocycles. The molecule has 6 heteroatoms. The van der Waals surface area contributed by atoms with E-state index in [9.17, 15) is 4.79 Å². The molecule has 6 nitrogen and oxygen atoms in total. The Balaban J connectivity index is 1.81. The molecule has 0 aliphatic rings. The summed E-state index contributed by atoms with van der Waals surface area (Å²) in [4.78, 5) is 17.2. The number of H-pyrrole nitrogens is 1. The summed E-state index contributed by atoms with van der Waals surface area (Å²) >= 11 is 0. The number of methoxy groups -OCH3 is 2. The lowest BCUT2D eigenvalue weighted by molar-refractivity contribution is 0.355. The van der Waals surface area contributed by atoms with E-state index in [1.165, 1.54) is 4.52 Å². The molecule has 0 unspecified atom stereocenters. The number of hydrogen-bond donors (Lipinski definition) is 1. The number of benzene rings is 2. The normalized spacial score (nSPS) is 10.9. The Kier molecular flexibility index (Phi) is 4.38. The lowest BCUT2D eigenvalue weighted by atomic mass is 10.1. The lowest BCUT2D eigenvalue weighted by Gasteiger charge is -2.09. The van der Waals surface area contributed by atoms with Gasteiger partial charge in [0.2, 0.25) is 0 Å². The Morgan fingerprint density at radius 3 is 2.52 bits per heavy atom. The lowest BCUT2D eigenvalue weighted by Crippen LogP contribution is -2.15. The van der Waals surface area contributed by atoms with Crippen molar-refractivity contribution >= 4 is 5.65 Å². The minimum atomic E-state index is -0.141. The van der Waals surface area contributed by atoms with Crippen molar-refractivity contribution in [2.24, 2.45) is 0 Å². The molecule has 0 aliphatic carbocycles. The Bertz CT molecular complexity index is 1150. The first-order valence-corrected chi connectivity index (χ1v) is 8.56. The van der Waals surface area contributed by atoms with Crippen LogP contribution in [0.15, 0.2) is 65.6 Å². The number of aromatic nitrogens is 3. The summed E-state index contributed by atoms with van der Waals surface area (Å²) < 4.78 is 12.1. The summed E-state index contributed by atoms with van der Waals surface area (Å²) in [6.07, 6.45) is 2.38. The maximum atomic E-state index is 12.5. The second kappa shape index (κ2) is 6.99. The molecule has 1 N–H and O–H groups in total. The standard InChI is InChI=1S/C21H19N3O3/c1-26-18-9-8-15(11-19(18)27-2)17-13-22-24-20(25)12-16(23-21(17)24)10-14-6-4-3-5-7-14/h3-9,11-13,22H,10H2,1-2H3. The van der Waals surface area contributed by atoms with Crippen LogP contribution in [-0.4, -0.2) is 28.8 Å². The molecule has 4 rings (SSSR count). The average molecular weight is 361 g/mol. The summed E-state index contributed by atoms with van der Waals surface area (Å²) in [5.41, 5.74) is 3.99. The zero-order valence-corrected chi connectivity index (χ0v) is 15.1. The van der Waals surface area contributed by atoms with Gasteiger partial charge in [0.25, 0.3) is 5.56 Å². The van der Waals surface area contributed by atoms with E-state index in [4.69, 9.17) is 14.5 Å². The second-order valence-corrected chi connectivity index (χ2v) is 6.16. The van der Waals surface area contributed by atoms with Crippen LogP contribution in [0.5, 0.6) is 11.5 Å². The third-order valence-electron chi connectivity index (χ3n) is 4.47. The maximum absolute atomic E-state index is 12.5. The van der Waals surface area contributed by atoms with Crippen LogP contribution in [0.25, 0.3) is 16.8 Å². The number of aromatic amines is 1. The zero-order valence-electron chi connectivity index (χ0n) is 15.1. The van der Waals surface area contributed by atoms with E-state index in [2.05, 4.69) is 5.10 Å². The summed E-state index contributed by atoms with van der Waals surface area (Å²) in [7, 11) is 3.19.